The predicted molar refractivity (Wildman–Crippen MR) is 109 cm³/mol. The Morgan fingerprint density at radius 3 is 2.61 bits per heavy atom. The van der Waals surface area contributed by atoms with E-state index in [4.69, 9.17) is 4.42 Å². The van der Waals surface area contributed by atoms with Crippen LogP contribution in [0.5, 0.6) is 0 Å². The Morgan fingerprint density at radius 1 is 1.11 bits per heavy atom. The Kier molecular flexibility index (Phi) is 5.12. The molecule has 2 aromatic heterocycles. The van der Waals surface area contributed by atoms with Crippen molar-refractivity contribution < 1.29 is 9.21 Å². The fourth-order valence-corrected chi connectivity index (χ4v) is 3.56. The van der Waals surface area contributed by atoms with Crippen LogP contribution in [0.15, 0.2) is 64.2 Å². The number of thioether (sulfide) groups is 1. The van der Waals surface area contributed by atoms with E-state index in [1.54, 1.807) is 0 Å². The van der Waals surface area contributed by atoms with Crippen LogP contribution in [-0.2, 0) is 4.79 Å². The smallest absolute Gasteiger partial charge is 0.322 e. The van der Waals surface area contributed by atoms with Crippen LogP contribution < -0.4 is 5.32 Å². The number of nitrogens with zero attached hydrogens (tertiary/aromatic N) is 4. The zero-order valence-electron chi connectivity index (χ0n) is 15.5. The molecule has 8 heteroatoms. The lowest BCUT2D eigenvalue weighted by molar-refractivity contribution is -0.113. The third-order valence-corrected chi connectivity index (χ3v) is 5.00. The highest BCUT2D eigenvalue weighted by Gasteiger charge is 2.16. The maximum atomic E-state index is 12.3. The molecule has 0 aliphatic carbocycles. The summed E-state index contributed by atoms with van der Waals surface area (Å²) in [6.45, 7) is 3.89. The molecule has 0 saturated heterocycles. The van der Waals surface area contributed by atoms with Gasteiger partial charge in [-0.3, -0.25) is 14.7 Å². The summed E-state index contributed by atoms with van der Waals surface area (Å²) < 4.78 is 7.48. The summed E-state index contributed by atoms with van der Waals surface area (Å²) in [6, 6.07) is 18.0. The molecule has 4 rings (SSSR count). The van der Waals surface area contributed by atoms with Crippen molar-refractivity contribution in [2.45, 2.75) is 24.9 Å². The normalized spacial score (nSPS) is 11.2. The molecule has 0 fully saturated rings. The summed E-state index contributed by atoms with van der Waals surface area (Å²) in [5.74, 6) is 0.554. The van der Waals surface area contributed by atoms with Gasteiger partial charge in [0.2, 0.25) is 11.8 Å². The number of anilines is 1. The number of carbonyl (C=O) groups excluding carboxylic acids is 1. The second-order valence-corrected chi connectivity index (χ2v) is 7.43. The molecule has 28 heavy (non-hydrogen) atoms. The zero-order valence-corrected chi connectivity index (χ0v) is 16.3. The summed E-state index contributed by atoms with van der Waals surface area (Å²) in [5, 5.41) is 11.2. The molecule has 0 aliphatic heterocycles. The highest BCUT2D eigenvalue weighted by molar-refractivity contribution is 7.99. The van der Waals surface area contributed by atoms with Crippen molar-refractivity contribution in [3.05, 3.63) is 60.5 Å². The number of amides is 1. The fraction of sp³-hybridized carbons (Fsp3) is 0.200. The Labute approximate surface area is 166 Å². The van der Waals surface area contributed by atoms with Gasteiger partial charge in [-0.1, -0.05) is 61.0 Å². The van der Waals surface area contributed by atoms with Gasteiger partial charge in [-0.05, 0) is 24.3 Å². The van der Waals surface area contributed by atoms with Crippen molar-refractivity contribution in [2.24, 2.45) is 0 Å². The van der Waals surface area contributed by atoms with E-state index in [2.05, 4.69) is 25.1 Å². The molecule has 0 atom stereocenters. The molecule has 142 valence electrons. The van der Waals surface area contributed by atoms with Gasteiger partial charge in [0.15, 0.2) is 5.16 Å². The van der Waals surface area contributed by atoms with Crippen molar-refractivity contribution in [1.29, 1.82) is 0 Å². The number of rotatable bonds is 6. The monoisotopic (exact) mass is 393 g/mol. The van der Waals surface area contributed by atoms with Crippen LogP contribution in [0.1, 0.15) is 25.7 Å². The van der Waals surface area contributed by atoms with Crippen LogP contribution in [-0.4, -0.2) is 31.4 Å². The molecule has 0 unspecified atom stereocenters. The van der Waals surface area contributed by atoms with Crippen LogP contribution in [0.4, 0.5) is 6.01 Å². The third-order valence-electron chi connectivity index (χ3n) is 4.06. The first-order valence-electron chi connectivity index (χ1n) is 8.91. The first-order valence-corrected chi connectivity index (χ1v) is 9.89. The van der Waals surface area contributed by atoms with E-state index in [1.807, 2.05) is 68.4 Å². The van der Waals surface area contributed by atoms with Crippen LogP contribution in [0, 0.1) is 0 Å². The van der Waals surface area contributed by atoms with Gasteiger partial charge in [-0.25, -0.2) is 4.98 Å². The van der Waals surface area contributed by atoms with Gasteiger partial charge >= 0.3 is 6.01 Å². The summed E-state index contributed by atoms with van der Waals surface area (Å²) in [4.78, 5) is 17.0. The van der Waals surface area contributed by atoms with Crippen LogP contribution >= 0.6 is 11.8 Å². The fourth-order valence-electron chi connectivity index (χ4n) is 2.73. The van der Waals surface area contributed by atoms with Gasteiger partial charge in [0, 0.05) is 11.6 Å². The molecule has 2 heterocycles. The number of para-hydroxylation sites is 3. The molecular weight excluding hydrogens is 374 g/mol. The van der Waals surface area contributed by atoms with E-state index in [0.29, 0.717) is 5.89 Å². The second kappa shape index (κ2) is 7.85. The number of hydrogen-bond acceptors (Lipinski definition) is 6. The summed E-state index contributed by atoms with van der Waals surface area (Å²) in [6.07, 6.45) is 0. The molecule has 0 bridgehead atoms. The topological polar surface area (TPSA) is 85.8 Å². The summed E-state index contributed by atoms with van der Waals surface area (Å²) >= 11 is 1.36. The number of nitrogens with one attached hydrogen (secondary N) is 1. The predicted octanol–water partition coefficient (Wildman–Crippen LogP) is 4.26. The third kappa shape index (κ3) is 3.77. The number of aromatic nitrogens is 4. The highest BCUT2D eigenvalue weighted by atomic mass is 32.2. The molecular formula is C20H19N5O2S. The highest BCUT2D eigenvalue weighted by Crippen LogP contribution is 2.28. The summed E-state index contributed by atoms with van der Waals surface area (Å²) in [7, 11) is 0. The van der Waals surface area contributed by atoms with Crippen molar-refractivity contribution in [3.8, 4) is 5.69 Å². The molecule has 7 nitrogen and oxygen atoms in total. The minimum Gasteiger partial charge on any atom is -0.408 e. The number of hydrogen-bond donors (Lipinski definition) is 1. The molecule has 1 N–H and O–H groups in total. The SMILES string of the molecule is CC(C)c1nnc(NC(=O)CSc2nc3ccccc3n2-c2ccccc2)o1. The van der Waals surface area contributed by atoms with Gasteiger partial charge in [-0.15, -0.1) is 5.10 Å². The Bertz CT molecular complexity index is 1100. The van der Waals surface area contributed by atoms with Gasteiger partial charge in [0.25, 0.3) is 0 Å². The molecule has 0 radical (unpaired) electrons. The minimum atomic E-state index is -0.226. The Balaban J connectivity index is 1.54. The lowest BCUT2D eigenvalue weighted by Gasteiger charge is -2.08. The molecule has 1 amide bonds. The Hall–Kier alpha value is -3.13. The van der Waals surface area contributed by atoms with E-state index in [0.717, 1.165) is 21.9 Å². The van der Waals surface area contributed by atoms with Gasteiger partial charge in [0.1, 0.15) is 0 Å². The molecule has 4 aromatic rings. The zero-order chi connectivity index (χ0) is 19.5. The van der Waals surface area contributed by atoms with Crippen LogP contribution in [0.25, 0.3) is 16.7 Å². The first-order chi connectivity index (χ1) is 13.6. The van der Waals surface area contributed by atoms with Crippen LogP contribution in [0.3, 0.4) is 0 Å². The number of fused-ring (bicyclic) bond motifs is 1. The van der Waals surface area contributed by atoms with Gasteiger partial charge in [-0.2, -0.15) is 0 Å². The van der Waals surface area contributed by atoms with Gasteiger partial charge in [0.05, 0.1) is 16.8 Å². The van der Waals surface area contributed by atoms with Crippen molar-refractivity contribution >= 4 is 34.7 Å². The maximum Gasteiger partial charge on any atom is 0.322 e. The van der Waals surface area contributed by atoms with Crippen molar-refractivity contribution in [1.82, 2.24) is 19.7 Å². The average Bonchev–Trinajstić information content (AvgIpc) is 3.31. The standard InChI is InChI=1S/C20H19N5O2S/c1-13(2)18-23-24-19(27-18)22-17(26)12-28-20-21-15-10-6-7-11-16(15)25(20)14-8-4-3-5-9-14/h3-11,13H,12H2,1-2H3,(H,22,24,26). The van der Waals surface area contributed by atoms with Crippen molar-refractivity contribution in [3.63, 3.8) is 0 Å². The number of imidazole rings is 1. The van der Waals surface area contributed by atoms with E-state index < -0.39 is 0 Å². The Morgan fingerprint density at radius 2 is 1.86 bits per heavy atom. The molecule has 2 aromatic carbocycles. The van der Waals surface area contributed by atoms with Crippen LogP contribution in [0.2, 0.25) is 0 Å². The van der Waals surface area contributed by atoms with E-state index in [-0.39, 0.29) is 23.6 Å². The number of benzene rings is 2. The lowest BCUT2D eigenvalue weighted by Crippen LogP contribution is -2.14. The van der Waals surface area contributed by atoms with E-state index in [9.17, 15) is 4.79 Å². The molecule has 0 saturated carbocycles. The quantitative estimate of drug-likeness (QED) is 0.493. The minimum absolute atomic E-state index is 0.110. The molecule has 0 spiro atoms. The summed E-state index contributed by atoms with van der Waals surface area (Å²) in [5.41, 5.74) is 2.88. The largest absolute Gasteiger partial charge is 0.408 e. The maximum absolute atomic E-state index is 12.3. The lowest BCUT2D eigenvalue weighted by atomic mass is 10.2. The van der Waals surface area contributed by atoms with Crippen molar-refractivity contribution in [2.75, 3.05) is 11.1 Å². The molecule has 0 aliphatic rings. The van der Waals surface area contributed by atoms with E-state index >= 15 is 0 Å². The van der Waals surface area contributed by atoms with Gasteiger partial charge < -0.3 is 4.42 Å². The first kappa shape index (κ1) is 18.2. The van der Waals surface area contributed by atoms with E-state index in [1.165, 1.54) is 11.8 Å². The second-order valence-electron chi connectivity index (χ2n) is 6.49. The average molecular weight is 393 g/mol. The number of carbonyl (C=O) groups is 1.